The SMILES string of the molecule is O=C(CCC(F)(F)F)NCCCC[C@H]1CCCO1. The molecule has 1 fully saturated rings. The summed E-state index contributed by atoms with van der Waals surface area (Å²) in [5.41, 5.74) is 0. The van der Waals surface area contributed by atoms with Crippen molar-refractivity contribution in [3.05, 3.63) is 0 Å². The predicted molar refractivity (Wildman–Crippen MR) is 61.1 cm³/mol. The molecule has 3 nitrogen and oxygen atoms in total. The topological polar surface area (TPSA) is 38.3 Å². The van der Waals surface area contributed by atoms with Gasteiger partial charge < -0.3 is 10.1 Å². The van der Waals surface area contributed by atoms with Crippen molar-refractivity contribution in [1.82, 2.24) is 5.32 Å². The third-order valence-corrected chi connectivity index (χ3v) is 2.93. The summed E-state index contributed by atoms with van der Waals surface area (Å²) in [7, 11) is 0. The van der Waals surface area contributed by atoms with Crippen molar-refractivity contribution in [2.24, 2.45) is 0 Å². The maximum Gasteiger partial charge on any atom is 0.389 e. The van der Waals surface area contributed by atoms with E-state index in [0.717, 1.165) is 38.7 Å². The number of rotatable bonds is 7. The van der Waals surface area contributed by atoms with Gasteiger partial charge in [-0.1, -0.05) is 0 Å². The molecule has 1 N–H and O–H groups in total. The van der Waals surface area contributed by atoms with Gasteiger partial charge >= 0.3 is 6.18 Å². The van der Waals surface area contributed by atoms with Crippen LogP contribution in [0.2, 0.25) is 0 Å². The molecule has 1 atom stereocenters. The van der Waals surface area contributed by atoms with Crippen LogP contribution < -0.4 is 5.32 Å². The molecule has 0 aromatic carbocycles. The second-order valence-electron chi connectivity index (χ2n) is 4.60. The number of hydrogen-bond donors (Lipinski definition) is 1. The molecule has 6 heteroatoms. The third kappa shape index (κ3) is 7.53. The number of alkyl halides is 3. The number of halogens is 3. The minimum atomic E-state index is -4.25. The number of nitrogens with one attached hydrogen (secondary N) is 1. The normalized spacial score (nSPS) is 20.1. The van der Waals surface area contributed by atoms with Gasteiger partial charge in [0.1, 0.15) is 0 Å². The van der Waals surface area contributed by atoms with Crippen molar-refractivity contribution in [2.75, 3.05) is 13.2 Å². The Bertz CT molecular complexity index is 250. The second-order valence-corrected chi connectivity index (χ2v) is 4.60. The number of unbranched alkanes of at least 4 members (excludes halogenated alkanes) is 1. The number of carbonyl (C=O) groups excluding carboxylic acids is 1. The molecule has 0 aliphatic carbocycles. The van der Waals surface area contributed by atoms with Gasteiger partial charge in [-0.3, -0.25) is 4.79 Å². The van der Waals surface area contributed by atoms with Crippen LogP contribution in [0.15, 0.2) is 0 Å². The molecule has 1 saturated heterocycles. The Morgan fingerprint density at radius 3 is 2.72 bits per heavy atom. The van der Waals surface area contributed by atoms with Gasteiger partial charge in [-0.25, -0.2) is 0 Å². The zero-order valence-corrected chi connectivity index (χ0v) is 10.4. The molecular formula is C12H20F3NO2. The van der Waals surface area contributed by atoms with E-state index < -0.39 is 24.9 Å². The Labute approximate surface area is 105 Å². The maximum atomic E-state index is 11.8. The van der Waals surface area contributed by atoms with Gasteiger partial charge in [0.2, 0.25) is 5.91 Å². The smallest absolute Gasteiger partial charge is 0.378 e. The summed E-state index contributed by atoms with van der Waals surface area (Å²) in [6, 6.07) is 0. The highest BCUT2D eigenvalue weighted by atomic mass is 19.4. The average molecular weight is 267 g/mol. The molecule has 1 amide bonds. The van der Waals surface area contributed by atoms with Crippen LogP contribution >= 0.6 is 0 Å². The molecule has 0 aromatic rings. The minimum absolute atomic E-state index is 0.339. The highest BCUT2D eigenvalue weighted by Gasteiger charge is 2.27. The first-order valence-electron chi connectivity index (χ1n) is 6.42. The highest BCUT2D eigenvalue weighted by Crippen LogP contribution is 2.21. The van der Waals surface area contributed by atoms with Crippen molar-refractivity contribution in [3.63, 3.8) is 0 Å². The highest BCUT2D eigenvalue weighted by molar-refractivity contribution is 5.75. The zero-order chi connectivity index (χ0) is 13.4. The maximum absolute atomic E-state index is 11.8. The molecule has 0 spiro atoms. The lowest BCUT2D eigenvalue weighted by Crippen LogP contribution is -2.26. The van der Waals surface area contributed by atoms with Crippen LogP contribution in [0.3, 0.4) is 0 Å². The summed E-state index contributed by atoms with van der Waals surface area (Å²) in [4.78, 5) is 11.1. The molecule has 0 aromatic heterocycles. The van der Waals surface area contributed by atoms with Gasteiger partial charge in [-0.15, -0.1) is 0 Å². The summed E-state index contributed by atoms with van der Waals surface area (Å²) >= 11 is 0. The molecule has 1 heterocycles. The monoisotopic (exact) mass is 267 g/mol. The molecule has 18 heavy (non-hydrogen) atoms. The van der Waals surface area contributed by atoms with Gasteiger partial charge in [0.05, 0.1) is 12.5 Å². The fourth-order valence-corrected chi connectivity index (χ4v) is 1.94. The van der Waals surface area contributed by atoms with E-state index in [1.165, 1.54) is 0 Å². The van der Waals surface area contributed by atoms with Crippen LogP contribution in [-0.2, 0) is 9.53 Å². The van der Waals surface area contributed by atoms with E-state index in [4.69, 9.17) is 4.74 Å². The van der Waals surface area contributed by atoms with Crippen molar-refractivity contribution in [2.45, 2.75) is 57.2 Å². The first-order valence-corrected chi connectivity index (χ1v) is 6.42. The van der Waals surface area contributed by atoms with Gasteiger partial charge in [0.25, 0.3) is 0 Å². The number of amides is 1. The van der Waals surface area contributed by atoms with Crippen LogP contribution in [0.5, 0.6) is 0 Å². The fraction of sp³-hybridized carbons (Fsp3) is 0.917. The minimum Gasteiger partial charge on any atom is -0.378 e. The van der Waals surface area contributed by atoms with Gasteiger partial charge in [0, 0.05) is 19.6 Å². The number of hydrogen-bond acceptors (Lipinski definition) is 2. The predicted octanol–water partition coefficient (Wildman–Crippen LogP) is 2.79. The first kappa shape index (κ1) is 15.3. The van der Waals surface area contributed by atoms with Gasteiger partial charge in [-0.05, 0) is 32.1 Å². The molecule has 0 bridgehead atoms. The molecule has 0 saturated carbocycles. The molecule has 1 aliphatic heterocycles. The summed E-state index contributed by atoms with van der Waals surface area (Å²) in [5.74, 6) is -0.524. The van der Waals surface area contributed by atoms with Crippen LogP contribution in [0.4, 0.5) is 13.2 Å². The Morgan fingerprint density at radius 1 is 1.33 bits per heavy atom. The summed E-state index contributed by atoms with van der Waals surface area (Å²) in [6.07, 6.45) is -0.538. The largest absolute Gasteiger partial charge is 0.389 e. The van der Waals surface area contributed by atoms with Crippen molar-refractivity contribution in [3.8, 4) is 0 Å². The standard InChI is InChI=1S/C12H20F3NO2/c13-12(14,15)7-6-11(17)16-8-2-1-4-10-5-3-9-18-10/h10H,1-9H2,(H,16,17)/t10-/m0/s1. The van der Waals surface area contributed by atoms with Crippen molar-refractivity contribution in [1.29, 1.82) is 0 Å². The van der Waals surface area contributed by atoms with Crippen LogP contribution in [0.25, 0.3) is 0 Å². The first-order chi connectivity index (χ1) is 8.47. The second kappa shape index (κ2) is 7.61. The third-order valence-electron chi connectivity index (χ3n) is 2.93. The molecule has 1 rings (SSSR count). The Kier molecular flexibility index (Phi) is 6.46. The summed E-state index contributed by atoms with van der Waals surface area (Å²) in [5, 5.41) is 2.50. The van der Waals surface area contributed by atoms with Gasteiger partial charge in [0.15, 0.2) is 0 Å². The summed E-state index contributed by atoms with van der Waals surface area (Å²) in [6.45, 7) is 1.28. The number of carbonyl (C=O) groups is 1. The average Bonchev–Trinajstić information content (AvgIpc) is 2.78. The van der Waals surface area contributed by atoms with Crippen LogP contribution in [-0.4, -0.2) is 31.3 Å². The van der Waals surface area contributed by atoms with Crippen molar-refractivity contribution < 1.29 is 22.7 Å². The van der Waals surface area contributed by atoms with E-state index in [1.807, 2.05) is 0 Å². The van der Waals surface area contributed by atoms with E-state index in [2.05, 4.69) is 5.32 Å². The molecule has 1 aliphatic rings. The Morgan fingerprint density at radius 2 is 2.11 bits per heavy atom. The van der Waals surface area contributed by atoms with Crippen molar-refractivity contribution >= 4 is 5.91 Å². The zero-order valence-electron chi connectivity index (χ0n) is 10.4. The van der Waals surface area contributed by atoms with Crippen LogP contribution in [0, 0.1) is 0 Å². The lowest BCUT2D eigenvalue weighted by atomic mass is 10.1. The summed E-state index contributed by atoms with van der Waals surface area (Å²) < 4.78 is 41.0. The molecule has 0 radical (unpaired) electrons. The lowest BCUT2D eigenvalue weighted by Gasteiger charge is -2.09. The van der Waals surface area contributed by atoms with E-state index in [0.29, 0.717) is 12.6 Å². The van der Waals surface area contributed by atoms with E-state index >= 15 is 0 Å². The molecule has 0 unspecified atom stereocenters. The van der Waals surface area contributed by atoms with Gasteiger partial charge in [-0.2, -0.15) is 13.2 Å². The number of ether oxygens (including phenoxy) is 1. The fourth-order valence-electron chi connectivity index (χ4n) is 1.94. The quantitative estimate of drug-likeness (QED) is 0.720. The Hall–Kier alpha value is -0.780. The van der Waals surface area contributed by atoms with E-state index in [9.17, 15) is 18.0 Å². The van der Waals surface area contributed by atoms with Crippen LogP contribution in [0.1, 0.15) is 44.9 Å². The Balaban J connectivity index is 1.92. The molecular weight excluding hydrogens is 247 g/mol. The van der Waals surface area contributed by atoms with E-state index in [-0.39, 0.29) is 0 Å². The lowest BCUT2D eigenvalue weighted by molar-refractivity contribution is -0.144. The van der Waals surface area contributed by atoms with E-state index in [1.54, 1.807) is 0 Å². The molecule has 106 valence electrons.